The van der Waals surface area contributed by atoms with E-state index in [0.29, 0.717) is 32.1 Å². The number of hydrogen-bond donors (Lipinski definition) is 1. The van der Waals surface area contributed by atoms with Gasteiger partial charge in [0, 0.05) is 18.3 Å². The summed E-state index contributed by atoms with van der Waals surface area (Å²) in [4.78, 5) is 14.1. The van der Waals surface area contributed by atoms with Crippen LogP contribution in [0.1, 0.15) is 22.6 Å². The Hall–Kier alpha value is -3.32. The lowest BCUT2D eigenvalue weighted by molar-refractivity contribution is 0.0889. The number of amides is 2. The average Bonchev–Trinajstić information content (AvgIpc) is 3.06. The molecule has 30 heavy (non-hydrogen) atoms. The lowest BCUT2D eigenvalue weighted by atomic mass is 10.2. The molecule has 0 saturated carbocycles. The van der Waals surface area contributed by atoms with Crippen LogP contribution in [0, 0.1) is 13.8 Å². The first-order valence-electron chi connectivity index (χ1n) is 9.81. The van der Waals surface area contributed by atoms with Crippen molar-refractivity contribution in [3.8, 4) is 5.75 Å². The Kier molecular flexibility index (Phi) is 7.45. The van der Waals surface area contributed by atoms with Crippen molar-refractivity contribution in [1.29, 1.82) is 0 Å². The second-order valence-corrected chi connectivity index (χ2v) is 7.00. The van der Waals surface area contributed by atoms with Crippen LogP contribution in [0.25, 0.3) is 0 Å². The Morgan fingerprint density at radius 1 is 1.10 bits per heavy atom. The van der Waals surface area contributed by atoms with Crippen LogP contribution in [0.5, 0.6) is 5.75 Å². The van der Waals surface area contributed by atoms with Crippen LogP contribution in [-0.4, -0.2) is 36.3 Å². The van der Waals surface area contributed by atoms with E-state index in [4.69, 9.17) is 14.0 Å². The van der Waals surface area contributed by atoms with Crippen molar-refractivity contribution < 1.29 is 18.8 Å². The minimum atomic E-state index is -0.204. The first kappa shape index (κ1) is 21.4. The van der Waals surface area contributed by atoms with Crippen LogP contribution in [0.2, 0.25) is 0 Å². The number of hydrogen-bond acceptors (Lipinski definition) is 5. The maximum atomic E-state index is 12.5. The third kappa shape index (κ3) is 6.09. The molecular weight excluding hydrogens is 382 g/mol. The summed E-state index contributed by atoms with van der Waals surface area (Å²) in [5, 5.41) is 6.84. The fourth-order valence-electron chi connectivity index (χ4n) is 2.92. The molecule has 0 unspecified atom stereocenters. The van der Waals surface area contributed by atoms with E-state index in [0.717, 1.165) is 28.3 Å². The Labute approximate surface area is 176 Å². The molecule has 0 radical (unpaired) electrons. The highest BCUT2D eigenvalue weighted by Gasteiger charge is 2.15. The molecule has 0 aliphatic carbocycles. The molecule has 3 rings (SSSR count). The largest absolute Gasteiger partial charge is 0.491 e. The maximum Gasteiger partial charge on any atom is 0.321 e. The molecule has 2 amide bonds. The number of benzene rings is 2. The van der Waals surface area contributed by atoms with Crippen molar-refractivity contribution in [2.24, 2.45) is 0 Å². The van der Waals surface area contributed by atoms with E-state index in [1.165, 1.54) is 0 Å². The van der Waals surface area contributed by atoms with Gasteiger partial charge in [0.1, 0.15) is 18.1 Å². The van der Waals surface area contributed by atoms with E-state index in [9.17, 15) is 4.79 Å². The molecule has 0 aliphatic rings. The van der Waals surface area contributed by atoms with E-state index in [-0.39, 0.29) is 6.03 Å². The molecule has 0 spiro atoms. The molecule has 0 atom stereocenters. The third-order valence-corrected chi connectivity index (χ3v) is 4.61. The second kappa shape index (κ2) is 10.5. The Bertz CT molecular complexity index is 937. The quantitative estimate of drug-likeness (QED) is 0.525. The monoisotopic (exact) mass is 409 g/mol. The third-order valence-electron chi connectivity index (χ3n) is 4.61. The van der Waals surface area contributed by atoms with Crippen LogP contribution >= 0.6 is 0 Å². The fourth-order valence-corrected chi connectivity index (χ4v) is 2.92. The van der Waals surface area contributed by atoms with Gasteiger partial charge in [-0.1, -0.05) is 35.5 Å². The van der Waals surface area contributed by atoms with Gasteiger partial charge >= 0.3 is 6.03 Å². The van der Waals surface area contributed by atoms with Crippen LogP contribution in [0.15, 0.2) is 59.1 Å². The van der Waals surface area contributed by atoms with Crippen LogP contribution in [-0.2, 0) is 17.9 Å². The second-order valence-electron chi connectivity index (χ2n) is 7.00. The van der Waals surface area contributed by atoms with Gasteiger partial charge in [0.15, 0.2) is 0 Å². The first-order valence-corrected chi connectivity index (χ1v) is 9.81. The summed E-state index contributed by atoms with van der Waals surface area (Å²) in [6, 6.07) is 17.0. The van der Waals surface area contributed by atoms with Crippen LogP contribution < -0.4 is 10.1 Å². The molecule has 0 aliphatic heterocycles. The molecular formula is C23H27N3O4. The topological polar surface area (TPSA) is 76.8 Å². The fraction of sp³-hybridized carbons (Fsp3) is 0.304. The van der Waals surface area contributed by atoms with Crippen molar-refractivity contribution in [2.45, 2.75) is 27.0 Å². The van der Waals surface area contributed by atoms with Gasteiger partial charge in [-0.15, -0.1) is 0 Å². The maximum absolute atomic E-state index is 12.5. The SMILES string of the molecule is Cc1noc(C)c1CN(C)C(=O)Nc1cccc(COCCOc2ccccc2)c1. The van der Waals surface area contributed by atoms with E-state index in [1.54, 1.807) is 11.9 Å². The Morgan fingerprint density at radius 2 is 1.90 bits per heavy atom. The van der Waals surface area contributed by atoms with Gasteiger partial charge in [-0.3, -0.25) is 0 Å². The summed E-state index contributed by atoms with van der Waals surface area (Å²) in [7, 11) is 1.74. The number of anilines is 1. The summed E-state index contributed by atoms with van der Waals surface area (Å²) in [5.74, 6) is 1.55. The van der Waals surface area contributed by atoms with E-state index in [1.807, 2.05) is 68.4 Å². The van der Waals surface area contributed by atoms with Crippen molar-refractivity contribution in [3.05, 3.63) is 77.2 Å². The number of carbonyl (C=O) groups is 1. The molecule has 1 heterocycles. The number of rotatable bonds is 9. The minimum absolute atomic E-state index is 0.204. The van der Waals surface area contributed by atoms with Crippen molar-refractivity contribution in [3.63, 3.8) is 0 Å². The summed E-state index contributed by atoms with van der Waals surface area (Å²) in [6.07, 6.45) is 0. The predicted octanol–water partition coefficient (Wildman–Crippen LogP) is 4.55. The Balaban J connectivity index is 1.44. The molecule has 1 N–H and O–H groups in total. The molecule has 7 nitrogen and oxygen atoms in total. The number of ether oxygens (including phenoxy) is 2. The normalized spacial score (nSPS) is 10.6. The van der Waals surface area contributed by atoms with Gasteiger partial charge in [0.2, 0.25) is 0 Å². The van der Waals surface area contributed by atoms with Gasteiger partial charge in [-0.05, 0) is 43.7 Å². The predicted molar refractivity (Wildman–Crippen MR) is 114 cm³/mol. The number of carbonyl (C=O) groups excluding carboxylic acids is 1. The smallest absolute Gasteiger partial charge is 0.321 e. The molecule has 2 aromatic carbocycles. The molecule has 0 saturated heterocycles. The van der Waals surface area contributed by atoms with Crippen LogP contribution in [0.3, 0.4) is 0 Å². The summed E-state index contributed by atoms with van der Waals surface area (Å²) in [5.41, 5.74) is 3.41. The molecule has 7 heteroatoms. The molecule has 0 bridgehead atoms. The summed E-state index contributed by atoms with van der Waals surface area (Å²) >= 11 is 0. The molecule has 0 fully saturated rings. The lowest BCUT2D eigenvalue weighted by Gasteiger charge is -2.18. The van der Waals surface area contributed by atoms with E-state index in [2.05, 4.69) is 10.5 Å². The summed E-state index contributed by atoms with van der Waals surface area (Å²) in [6.45, 7) is 5.54. The highest BCUT2D eigenvalue weighted by Crippen LogP contribution is 2.16. The van der Waals surface area contributed by atoms with E-state index < -0.39 is 0 Å². The van der Waals surface area contributed by atoms with Gasteiger partial charge in [0.25, 0.3) is 0 Å². The Morgan fingerprint density at radius 3 is 2.63 bits per heavy atom. The number of nitrogens with zero attached hydrogens (tertiary/aromatic N) is 2. The number of aryl methyl sites for hydroxylation is 2. The average molecular weight is 409 g/mol. The summed E-state index contributed by atoms with van der Waals surface area (Å²) < 4.78 is 16.4. The van der Waals surface area contributed by atoms with Gasteiger partial charge < -0.3 is 24.2 Å². The number of aromatic nitrogens is 1. The van der Waals surface area contributed by atoms with Gasteiger partial charge in [-0.25, -0.2) is 4.79 Å². The van der Waals surface area contributed by atoms with Gasteiger partial charge in [-0.2, -0.15) is 0 Å². The van der Waals surface area contributed by atoms with Crippen LogP contribution in [0.4, 0.5) is 10.5 Å². The van der Waals surface area contributed by atoms with Crippen molar-refractivity contribution in [1.82, 2.24) is 10.1 Å². The van der Waals surface area contributed by atoms with E-state index >= 15 is 0 Å². The minimum Gasteiger partial charge on any atom is -0.491 e. The van der Waals surface area contributed by atoms with Crippen molar-refractivity contribution >= 4 is 11.7 Å². The molecule has 158 valence electrons. The number of urea groups is 1. The molecule has 1 aromatic heterocycles. The zero-order chi connectivity index (χ0) is 21.3. The zero-order valence-electron chi connectivity index (χ0n) is 17.6. The first-order chi connectivity index (χ1) is 14.5. The zero-order valence-corrected chi connectivity index (χ0v) is 17.6. The number of nitrogens with one attached hydrogen (secondary N) is 1. The number of para-hydroxylation sites is 1. The van der Waals surface area contributed by atoms with Crippen molar-refractivity contribution in [2.75, 3.05) is 25.6 Å². The highest BCUT2D eigenvalue weighted by molar-refractivity contribution is 5.89. The van der Waals surface area contributed by atoms with Gasteiger partial charge in [0.05, 0.1) is 25.5 Å². The highest BCUT2D eigenvalue weighted by atomic mass is 16.5. The lowest BCUT2D eigenvalue weighted by Crippen LogP contribution is -2.31. The molecule has 3 aromatic rings. The standard InChI is InChI=1S/C23H27N3O4/c1-17-22(18(2)30-25-17)15-26(3)23(27)24-20-9-7-8-19(14-20)16-28-12-13-29-21-10-5-4-6-11-21/h4-11,14H,12-13,15-16H2,1-3H3,(H,24,27).